The molecule has 0 amide bonds. The van der Waals surface area contributed by atoms with E-state index in [1.54, 1.807) is 24.3 Å². The van der Waals surface area contributed by atoms with E-state index in [0.29, 0.717) is 38.7 Å². The fourth-order valence-electron chi connectivity index (χ4n) is 1.88. The first-order valence-electron chi connectivity index (χ1n) is 6.45. The third-order valence-electron chi connectivity index (χ3n) is 2.89. The Bertz CT molecular complexity index is 509. The second-order valence-electron chi connectivity index (χ2n) is 4.34. The molecule has 0 radical (unpaired) electrons. The Kier molecular flexibility index (Phi) is 4.79. The minimum Gasteiger partial charge on any atom is -0.494 e. The Morgan fingerprint density at radius 2 is 2.05 bits per heavy atom. The van der Waals surface area contributed by atoms with Gasteiger partial charge in [0.15, 0.2) is 0 Å². The maximum absolute atomic E-state index is 12.4. The van der Waals surface area contributed by atoms with Crippen LogP contribution in [0.5, 0.6) is 5.75 Å². The maximum Gasteiger partial charge on any atom is 0.243 e. The summed E-state index contributed by atoms with van der Waals surface area (Å²) in [7, 11) is -3.44. The molecule has 1 aliphatic heterocycles. The van der Waals surface area contributed by atoms with Crippen molar-refractivity contribution >= 4 is 10.0 Å². The molecular formula is C13H19NO4S. The van der Waals surface area contributed by atoms with Gasteiger partial charge in [0.1, 0.15) is 5.75 Å². The summed E-state index contributed by atoms with van der Waals surface area (Å²) >= 11 is 0. The summed E-state index contributed by atoms with van der Waals surface area (Å²) in [5.41, 5.74) is 0. The monoisotopic (exact) mass is 285 g/mol. The van der Waals surface area contributed by atoms with Crippen LogP contribution in [0, 0.1) is 0 Å². The van der Waals surface area contributed by atoms with E-state index >= 15 is 0 Å². The lowest BCUT2D eigenvalue weighted by atomic mass is 10.3. The lowest BCUT2D eigenvalue weighted by Gasteiger charge is -2.26. The molecule has 1 heterocycles. The molecule has 1 aromatic carbocycles. The minimum atomic E-state index is -3.44. The molecule has 0 aromatic heterocycles. The molecule has 0 bridgehead atoms. The van der Waals surface area contributed by atoms with Crippen molar-refractivity contribution in [1.82, 2.24) is 4.31 Å². The third kappa shape index (κ3) is 3.46. The predicted octanol–water partition coefficient (Wildman–Crippen LogP) is 1.50. The zero-order valence-electron chi connectivity index (χ0n) is 11.0. The molecule has 1 saturated heterocycles. The van der Waals surface area contributed by atoms with Crippen molar-refractivity contribution in [3.8, 4) is 5.75 Å². The highest BCUT2D eigenvalue weighted by atomic mass is 32.2. The molecule has 1 aliphatic rings. The summed E-state index contributed by atoms with van der Waals surface area (Å²) in [6.45, 7) is 4.30. The minimum absolute atomic E-state index is 0.281. The molecule has 0 unspecified atom stereocenters. The number of sulfonamides is 1. The van der Waals surface area contributed by atoms with Gasteiger partial charge in [0.25, 0.3) is 0 Å². The van der Waals surface area contributed by atoms with Crippen LogP contribution in [0.4, 0.5) is 0 Å². The summed E-state index contributed by atoms with van der Waals surface area (Å²) in [4.78, 5) is 0.281. The number of rotatable bonds is 5. The van der Waals surface area contributed by atoms with Crippen molar-refractivity contribution in [2.24, 2.45) is 0 Å². The summed E-state index contributed by atoms with van der Waals surface area (Å²) in [5.74, 6) is 0.594. The molecule has 1 fully saturated rings. The van der Waals surface area contributed by atoms with Crippen LogP contribution in [0.25, 0.3) is 0 Å². The Morgan fingerprint density at radius 3 is 2.74 bits per heavy atom. The van der Waals surface area contributed by atoms with Crippen LogP contribution in [0.3, 0.4) is 0 Å². The molecular weight excluding hydrogens is 266 g/mol. The van der Waals surface area contributed by atoms with Crippen molar-refractivity contribution < 1.29 is 17.9 Å². The van der Waals surface area contributed by atoms with Crippen molar-refractivity contribution in [2.75, 3.05) is 32.9 Å². The van der Waals surface area contributed by atoms with E-state index < -0.39 is 10.0 Å². The molecule has 19 heavy (non-hydrogen) atoms. The molecule has 0 saturated carbocycles. The Morgan fingerprint density at radius 1 is 1.32 bits per heavy atom. The first kappa shape index (κ1) is 14.3. The predicted molar refractivity (Wildman–Crippen MR) is 71.8 cm³/mol. The van der Waals surface area contributed by atoms with Crippen LogP contribution in [0.2, 0.25) is 0 Å². The van der Waals surface area contributed by atoms with E-state index in [4.69, 9.17) is 9.47 Å². The van der Waals surface area contributed by atoms with Gasteiger partial charge < -0.3 is 9.47 Å². The van der Waals surface area contributed by atoms with Crippen molar-refractivity contribution in [3.05, 3.63) is 24.3 Å². The number of morpholine rings is 1. The smallest absolute Gasteiger partial charge is 0.243 e. The molecule has 0 aliphatic carbocycles. The van der Waals surface area contributed by atoms with Gasteiger partial charge >= 0.3 is 0 Å². The highest BCUT2D eigenvalue weighted by Crippen LogP contribution is 2.21. The Labute approximate surface area is 114 Å². The second kappa shape index (κ2) is 6.36. The maximum atomic E-state index is 12.4. The van der Waals surface area contributed by atoms with Crippen LogP contribution < -0.4 is 4.74 Å². The molecule has 5 nitrogen and oxygen atoms in total. The summed E-state index contributed by atoms with van der Waals surface area (Å²) in [6.07, 6.45) is 0.889. The topological polar surface area (TPSA) is 55.8 Å². The highest BCUT2D eigenvalue weighted by Gasteiger charge is 2.26. The highest BCUT2D eigenvalue weighted by molar-refractivity contribution is 7.89. The first-order valence-corrected chi connectivity index (χ1v) is 7.89. The van der Waals surface area contributed by atoms with E-state index in [1.165, 1.54) is 4.31 Å². The number of benzene rings is 1. The van der Waals surface area contributed by atoms with Gasteiger partial charge in [-0.05, 0) is 18.6 Å². The summed E-state index contributed by atoms with van der Waals surface area (Å²) in [6, 6.07) is 6.66. The zero-order valence-corrected chi connectivity index (χ0v) is 11.9. The summed E-state index contributed by atoms with van der Waals surface area (Å²) < 4.78 is 37.0. The average molecular weight is 285 g/mol. The van der Waals surface area contributed by atoms with Gasteiger partial charge in [0.2, 0.25) is 10.0 Å². The Hall–Kier alpha value is -1.11. The van der Waals surface area contributed by atoms with Gasteiger partial charge in [-0.15, -0.1) is 0 Å². The standard InChI is InChI=1S/C13H19NO4S/c1-2-8-18-12-4-3-5-13(11-12)19(15,16)14-6-9-17-10-7-14/h3-5,11H,2,6-10H2,1H3. The van der Waals surface area contributed by atoms with Gasteiger partial charge in [0.05, 0.1) is 24.7 Å². The zero-order chi connectivity index (χ0) is 13.7. The quantitative estimate of drug-likeness (QED) is 0.822. The SMILES string of the molecule is CCCOc1cccc(S(=O)(=O)N2CCOCC2)c1. The first-order chi connectivity index (χ1) is 9.14. The fraction of sp³-hybridized carbons (Fsp3) is 0.538. The van der Waals surface area contributed by atoms with Gasteiger partial charge in [0, 0.05) is 19.2 Å². The van der Waals surface area contributed by atoms with Crippen LogP contribution in [-0.4, -0.2) is 45.6 Å². The van der Waals surface area contributed by atoms with Crippen molar-refractivity contribution in [1.29, 1.82) is 0 Å². The van der Waals surface area contributed by atoms with Gasteiger partial charge in [-0.1, -0.05) is 13.0 Å². The number of hydrogen-bond acceptors (Lipinski definition) is 4. The molecule has 0 atom stereocenters. The molecule has 2 rings (SSSR count). The summed E-state index contributed by atoms with van der Waals surface area (Å²) in [5, 5.41) is 0. The third-order valence-corrected chi connectivity index (χ3v) is 4.78. The Balaban J connectivity index is 2.19. The van der Waals surface area contributed by atoms with Gasteiger partial charge in [-0.3, -0.25) is 0 Å². The van der Waals surface area contributed by atoms with Crippen LogP contribution in [0.15, 0.2) is 29.2 Å². The number of nitrogens with zero attached hydrogens (tertiary/aromatic N) is 1. The van der Waals surface area contributed by atoms with Gasteiger partial charge in [-0.2, -0.15) is 4.31 Å². The van der Waals surface area contributed by atoms with E-state index in [0.717, 1.165) is 6.42 Å². The lowest BCUT2D eigenvalue weighted by molar-refractivity contribution is 0.0730. The molecule has 0 spiro atoms. The lowest BCUT2D eigenvalue weighted by Crippen LogP contribution is -2.40. The van der Waals surface area contributed by atoms with E-state index in [1.807, 2.05) is 6.92 Å². The fourth-order valence-corrected chi connectivity index (χ4v) is 3.32. The van der Waals surface area contributed by atoms with Crippen molar-refractivity contribution in [3.63, 3.8) is 0 Å². The molecule has 0 N–H and O–H groups in total. The molecule has 106 valence electrons. The number of hydrogen-bond donors (Lipinski definition) is 0. The van der Waals surface area contributed by atoms with Crippen LogP contribution in [0.1, 0.15) is 13.3 Å². The van der Waals surface area contributed by atoms with E-state index in [9.17, 15) is 8.42 Å². The average Bonchev–Trinajstić information content (AvgIpc) is 2.46. The largest absolute Gasteiger partial charge is 0.494 e. The molecule has 1 aromatic rings. The van der Waals surface area contributed by atoms with Crippen LogP contribution >= 0.6 is 0 Å². The van der Waals surface area contributed by atoms with Crippen LogP contribution in [-0.2, 0) is 14.8 Å². The second-order valence-corrected chi connectivity index (χ2v) is 6.28. The molecule has 6 heteroatoms. The van der Waals surface area contributed by atoms with E-state index in [2.05, 4.69) is 0 Å². The van der Waals surface area contributed by atoms with E-state index in [-0.39, 0.29) is 4.90 Å². The van der Waals surface area contributed by atoms with Gasteiger partial charge in [-0.25, -0.2) is 8.42 Å². The van der Waals surface area contributed by atoms with Crippen molar-refractivity contribution in [2.45, 2.75) is 18.2 Å². The normalized spacial score (nSPS) is 17.3. The number of ether oxygens (including phenoxy) is 2.